The summed E-state index contributed by atoms with van der Waals surface area (Å²) in [4.78, 5) is 7.10. The number of nitrogens with one attached hydrogen (secondary N) is 1. The number of aliphatic imine (C=N–C) groups is 1. The second-order valence-corrected chi connectivity index (χ2v) is 5.71. The van der Waals surface area contributed by atoms with Gasteiger partial charge < -0.3 is 10.2 Å². The fourth-order valence-corrected chi connectivity index (χ4v) is 1.79. The first-order valence-corrected chi connectivity index (χ1v) is 7.84. The third kappa shape index (κ3) is 8.67. The summed E-state index contributed by atoms with van der Waals surface area (Å²) in [5, 5.41) is 3.48. The molecular weight excluding hydrogens is 242 g/mol. The molecule has 0 unspecified atom stereocenters. The third-order valence-electron chi connectivity index (χ3n) is 2.47. The maximum atomic E-state index is 4.73. The van der Waals surface area contributed by atoms with Crippen LogP contribution in [0.5, 0.6) is 0 Å². The van der Waals surface area contributed by atoms with E-state index in [0.717, 1.165) is 31.2 Å². The number of rotatable bonds is 8. The van der Waals surface area contributed by atoms with Crippen molar-refractivity contribution in [2.45, 2.75) is 66.0 Å². The molecule has 0 saturated heterocycles. The van der Waals surface area contributed by atoms with Crippen LogP contribution in [0, 0.1) is 0 Å². The zero-order valence-corrected chi connectivity index (χ0v) is 13.6. The minimum Gasteiger partial charge on any atom is -0.354 e. The van der Waals surface area contributed by atoms with Crippen molar-refractivity contribution < 1.29 is 0 Å². The lowest BCUT2D eigenvalue weighted by Gasteiger charge is -2.28. The van der Waals surface area contributed by atoms with Crippen molar-refractivity contribution in [2.24, 2.45) is 4.99 Å². The maximum Gasteiger partial charge on any atom is 0.194 e. The van der Waals surface area contributed by atoms with Gasteiger partial charge in [-0.15, -0.1) is 0 Å². The van der Waals surface area contributed by atoms with Gasteiger partial charge in [-0.05, 0) is 46.3 Å². The number of nitrogens with zero attached hydrogens (tertiary/aromatic N) is 2. The van der Waals surface area contributed by atoms with Crippen LogP contribution in [0.4, 0.5) is 0 Å². The van der Waals surface area contributed by atoms with Gasteiger partial charge >= 0.3 is 0 Å². The molecular formula is C14H31N3S. The molecule has 0 aromatic carbocycles. The molecule has 0 radical (unpaired) electrons. The summed E-state index contributed by atoms with van der Waals surface area (Å²) < 4.78 is 0. The van der Waals surface area contributed by atoms with Crippen LogP contribution in [0.1, 0.15) is 53.9 Å². The molecule has 0 saturated carbocycles. The summed E-state index contributed by atoms with van der Waals surface area (Å²) in [6, 6.07) is 0.744. The van der Waals surface area contributed by atoms with Crippen molar-refractivity contribution in [2.75, 3.05) is 18.8 Å². The lowest BCUT2D eigenvalue weighted by molar-refractivity contribution is 0.386. The molecule has 3 nitrogen and oxygen atoms in total. The summed E-state index contributed by atoms with van der Waals surface area (Å²) in [5.74, 6) is 1.98. The normalized spacial score (nSPS) is 12.3. The van der Waals surface area contributed by atoms with Gasteiger partial charge in [-0.1, -0.05) is 13.3 Å². The smallest absolute Gasteiger partial charge is 0.194 e. The van der Waals surface area contributed by atoms with E-state index >= 15 is 0 Å². The van der Waals surface area contributed by atoms with Crippen LogP contribution >= 0.6 is 12.6 Å². The summed E-state index contributed by atoms with van der Waals surface area (Å²) in [7, 11) is 0. The van der Waals surface area contributed by atoms with Gasteiger partial charge in [0.2, 0.25) is 0 Å². The van der Waals surface area contributed by atoms with Crippen molar-refractivity contribution in [3.05, 3.63) is 0 Å². The second-order valence-electron chi connectivity index (χ2n) is 5.26. The fourth-order valence-electron chi connectivity index (χ4n) is 1.65. The van der Waals surface area contributed by atoms with Crippen LogP contribution in [0.3, 0.4) is 0 Å². The standard InChI is InChI=1S/C14H31N3S/c1-6-7-9-17(10-8-11-18)14(15-12(2)3)16-13(4)5/h12-13,18H,6-11H2,1-5H3,(H,15,16). The molecule has 0 atom stereocenters. The van der Waals surface area contributed by atoms with E-state index in [2.05, 4.69) is 57.5 Å². The maximum absolute atomic E-state index is 4.73. The van der Waals surface area contributed by atoms with Gasteiger partial charge in [0.05, 0.1) is 0 Å². The average molecular weight is 273 g/mol. The average Bonchev–Trinajstić information content (AvgIpc) is 2.27. The zero-order valence-electron chi connectivity index (χ0n) is 12.7. The van der Waals surface area contributed by atoms with Crippen LogP contribution in [0.15, 0.2) is 4.99 Å². The number of guanidine groups is 1. The molecule has 0 aliphatic carbocycles. The van der Waals surface area contributed by atoms with Gasteiger partial charge in [-0.3, -0.25) is 4.99 Å². The van der Waals surface area contributed by atoms with Crippen LogP contribution in [0.2, 0.25) is 0 Å². The predicted octanol–water partition coefficient (Wildman–Crippen LogP) is 3.17. The van der Waals surface area contributed by atoms with Gasteiger partial charge in [0.1, 0.15) is 0 Å². The van der Waals surface area contributed by atoms with E-state index in [4.69, 9.17) is 4.99 Å². The van der Waals surface area contributed by atoms with E-state index in [1.165, 1.54) is 12.8 Å². The summed E-state index contributed by atoms with van der Waals surface area (Å²) in [6.45, 7) is 12.9. The Kier molecular flexibility index (Phi) is 10.3. The highest BCUT2D eigenvalue weighted by molar-refractivity contribution is 7.80. The van der Waals surface area contributed by atoms with Crippen molar-refractivity contribution in [1.82, 2.24) is 10.2 Å². The minimum absolute atomic E-state index is 0.325. The summed E-state index contributed by atoms with van der Waals surface area (Å²) in [5.41, 5.74) is 0. The van der Waals surface area contributed by atoms with Gasteiger partial charge in [0.25, 0.3) is 0 Å². The molecule has 0 spiro atoms. The second kappa shape index (κ2) is 10.5. The van der Waals surface area contributed by atoms with Gasteiger partial charge in [-0.25, -0.2) is 0 Å². The first-order valence-electron chi connectivity index (χ1n) is 7.21. The zero-order chi connectivity index (χ0) is 14.0. The Labute approximate surface area is 119 Å². The van der Waals surface area contributed by atoms with Crippen LogP contribution in [-0.2, 0) is 0 Å². The number of thiol groups is 1. The van der Waals surface area contributed by atoms with Crippen molar-refractivity contribution in [3.63, 3.8) is 0 Å². The topological polar surface area (TPSA) is 27.6 Å². The Morgan fingerprint density at radius 2 is 1.78 bits per heavy atom. The van der Waals surface area contributed by atoms with Crippen LogP contribution in [-0.4, -0.2) is 41.8 Å². The third-order valence-corrected chi connectivity index (χ3v) is 2.78. The van der Waals surface area contributed by atoms with E-state index in [-0.39, 0.29) is 0 Å². The molecule has 0 amide bonds. The highest BCUT2D eigenvalue weighted by Gasteiger charge is 2.12. The molecule has 0 rings (SSSR count). The fraction of sp³-hybridized carbons (Fsp3) is 0.929. The summed E-state index contributed by atoms with van der Waals surface area (Å²) >= 11 is 4.31. The molecule has 108 valence electrons. The minimum atomic E-state index is 0.325. The Hall–Kier alpha value is -0.380. The van der Waals surface area contributed by atoms with E-state index in [1.807, 2.05) is 0 Å². The molecule has 0 aromatic rings. The van der Waals surface area contributed by atoms with Gasteiger partial charge in [0.15, 0.2) is 5.96 Å². The first kappa shape index (κ1) is 17.6. The molecule has 0 heterocycles. The first-order chi connectivity index (χ1) is 8.51. The number of unbranched alkanes of at least 4 members (excludes halogenated alkanes) is 1. The molecule has 0 aliphatic rings. The molecule has 1 N–H and O–H groups in total. The number of hydrogen-bond acceptors (Lipinski definition) is 2. The Bertz CT molecular complexity index is 219. The largest absolute Gasteiger partial charge is 0.354 e. The van der Waals surface area contributed by atoms with Crippen LogP contribution < -0.4 is 5.32 Å². The quantitative estimate of drug-likeness (QED) is 0.404. The SMILES string of the molecule is CCCCN(CCCS)C(=NC(C)C)NC(C)C. The van der Waals surface area contributed by atoms with Crippen molar-refractivity contribution >= 4 is 18.6 Å². The number of hydrogen-bond donors (Lipinski definition) is 2. The lowest BCUT2D eigenvalue weighted by Crippen LogP contribution is -2.45. The molecule has 0 aromatic heterocycles. The van der Waals surface area contributed by atoms with E-state index in [9.17, 15) is 0 Å². The van der Waals surface area contributed by atoms with Gasteiger partial charge in [-0.2, -0.15) is 12.6 Å². The highest BCUT2D eigenvalue weighted by Crippen LogP contribution is 2.02. The Balaban J connectivity index is 4.70. The van der Waals surface area contributed by atoms with Gasteiger partial charge in [0, 0.05) is 25.2 Å². The lowest BCUT2D eigenvalue weighted by atomic mass is 10.3. The highest BCUT2D eigenvalue weighted by atomic mass is 32.1. The van der Waals surface area contributed by atoms with Crippen molar-refractivity contribution in [3.8, 4) is 0 Å². The molecule has 0 fully saturated rings. The van der Waals surface area contributed by atoms with Crippen LogP contribution in [0.25, 0.3) is 0 Å². The monoisotopic (exact) mass is 273 g/mol. The molecule has 18 heavy (non-hydrogen) atoms. The molecule has 4 heteroatoms. The summed E-state index contributed by atoms with van der Waals surface area (Å²) in [6.07, 6.45) is 3.53. The Morgan fingerprint density at radius 1 is 1.17 bits per heavy atom. The Morgan fingerprint density at radius 3 is 2.22 bits per heavy atom. The van der Waals surface area contributed by atoms with E-state index in [0.29, 0.717) is 12.1 Å². The molecule has 0 bridgehead atoms. The van der Waals surface area contributed by atoms with E-state index in [1.54, 1.807) is 0 Å². The predicted molar refractivity (Wildman–Crippen MR) is 85.8 cm³/mol. The van der Waals surface area contributed by atoms with E-state index < -0.39 is 0 Å². The van der Waals surface area contributed by atoms with Crippen molar-refractivity contribution in [1.29, 1.82) is 0 Å². The molecule has 0 aliphatic heterocycles.